The minimum Gasteiger partial charge on any atom is -0.350 e. The number of rotatable bonds is 2. The molecule has 0 unspecified atom stereocenters. The molecule has 1 spiro atoms. The lowest BCUT2D eigenvalue weighted by atomic mass is 9.75. The van der Waals surface area contributed by atoms with Gasteiger partial charge >= 0.3 is 6.03 Å². The van der Waals surface area contributed by atoms with Gasteiger partial charge in [0.15, 0.2) is 0 Å². The summed E-state index contributed by atoms with van der Waals surface area (Å²) in [6, 6.07) is 8.73. The molecule has 4 heterocycles. The molecule has 3 fully saturated rings. The van der Waals surface area contributed by atoms with Gasteiger partial charge in [0.2, 0.25) is 11.9 Å². The Morgan fingerprint density at radius 1 is 1.13 bits per heavy atom. The number of urea groups is 1. The molecule has 5 rings (SSSR count). The molecule has 3 amide bonds. The van der Waals surface area contributed by atoms with Crippen LogP contribution >= 0.6 is 11.6 Å². The largest absolute Gasteiger partial charge is 0.350 e. The van der Waals surface area contributed by atoms with Crippen LogP contribution in [0.25, 0.3) is 0 Å². The number of halogens is 1. The maximum absolute atomic E-state index is 12.7. The number of nitrogens with zero attached hydrogens (tertiary/aromatic N) is 4. The van der Waals surface area contributed by atoms with Gasteiger partial charge in [0, 0.05) is 60.7 Å². The number of likely N-dealkylation sites (tertiary alicyclic amines) is 1. The molecule has 3 aliphatic heterocycles. The Balaban J connectivity index is 1.24. The molecule has 30 heavy (non-hydrogen) atoms. The van der Waals surface area contributed by atoms with E-state index in [-0.39, 0.29) is 29.3 Å². The lowest BCUT2D eigenvalue weighted by Crippen LogP contribution is -2.56. The summed E-state index contributed by atoms with van der Waals surface area (Å²) in [6.07, 6.45) is 4.95. The summed E-state index contributed by atoms with van der Waals surface area (Å²) in [6.45, 7) is 2.60. The first-order valence-electron chi connectivity index (χ1n) is 10.2. The fraction of sp³-hybridized carbons (Fsp3) is 0.429. The van der Waals surface area contributed by atoms with Crippen molar-refractivity contribution >= 4 is 35.2 Å². The fourth-order valence-electron chi connectivity index (χ4n) is 5.02. The Morgan fingerprint density at radius 2 is 1.83 bits per heavy atom. The van der Waals surface area contributed by atoms with Crippen molar-refractivity contribution < 1.29 is 9.59 Å². The zero-order valence-corrected chi connectivity index (χ0v) is 17.2. The van der Waals surface area contributed by atoms with E-state index in [2.05, 4.69) is 25.5 Å². The molecule has 8 nitrogen and oxygen atoms in total. The first kappa shape index (κ1) is 19.1. The van der Waals surface area contributed by atoms with E-state index in [1.54, 1.807) is 42.7 Å². The van der Waals surface area contributed by atoms with Crippen molar-refractivity contribution in [1.29, 1.82) is 0 Å². The highest BCUT2D eigenvalue weighted by atomic mass is 35.5. The van der Waals surface area contributed by atoms with Gasteiger partial charge in [0.1, 0.15) is 0 Å². The number of carbonyl (C=O) groups excluding carboxylic acids is 2. The monoisotopic (exact) mass is 426 g/mol. The lowest BCUT2D eigenvalue weighted by Gasteiger charge is -2.42. The van der Waals surface area contributed by atoms with Gasteiger partial charge in [0.25, 0.3) is 0 Å². The lowest BCUT2D eigenvalue weighted by molar-refractivity contribution is -0.122. The van der Waals surface area contributed by atoms with Crippen LogP contribution in [-0.4, -0.2) is 58.5 Å². The number of benzene rings is 1. The van der Waals surface area contributed by atoms with E-state index >= 15 is 0 Å². The zero-order chi connectivity index (χ0) is 20.7. The van der Waals surface area contributed by atoms with Gasteiger partial charge in [-0.2, -0.15) is 0 Å². The highest BCUT2D eigenvalue weighted by molar-refractivity contribution is 6.30. The molecule has 0 radical (unpaired) electrons. The minimum absolute atomic E-state index is 0.0525. The normalized spacial score (nSPS) is 24.6. The second-order valence-electron chi connectivity index (χ2n) is 8.24. The number of hydrogen-bond donors (Lipinski definition) is 2. The molecule has 2 atom stereocenters. The minimum atomic E-state index is -0.262. The molecular weight excluding hydrogens is 404 g/mol. The van der Waals surface area contributed by atoms with Crippen LogP contribution in [-0.2, 0) is 4.79 Å². The second-order valence-corrected chi connectivity index (χ2v) is 8.67. The molecule has 0 saturated carbocycles. The quantitative estimate of drug-likeness (QED) is 0.769. The Labute approximate surface area is 179 Å². The summed E-state index contributed by atoms with van der Waals surface area (Å²) in [5, 5.41) is 6.83. The Hall–Kier alpha value is -2.87. The van der Waals surface area contributed by atoms with E-state index in [4.69, 9.17) is 11.6 Å². The molecule has 1 aromatic heterocycles. The standard InChI is InChI=1S/C21H23ClN6O2/c22-14-2-4-15(5-3-14)25-20(30)27-10-6-21(7-11-27)17-13-28(12-16(17)18(29)26-21)19-23-8-1-9-24-19/h1-5,8-9,16-17H,6-7,10-13H2,(H,25,30)(H,26,29)/t16-,17+/m1/s1. The molecule has 1 aromatic carbocycles. The predicted molar refractivity (Wildman–Crippen MR) is 113 cm³/mol. The third-order valence-corrected chi connectivity index (χ3v) is 6.86. The number of aromatic nitrogens is 2. The number of carbonyl (C=O) groups is 2. The van der Waals surface area contributed by atoms with Crippen molar-refractivity contribution in [3.63, 3.8) is 0 Å². The van der Waals surface area contributed by atoms with Crippen molar-refractivity contribution in [3.05, 3.63) is 47.7 Å². The molecule has 0 bridgehead atoms. The van der Waals surface area contributed by atoms with Crippen LogP contribution in [0.2, 0.25) is 5.02 Å². The zero-order valence-electron chi connectivity index (χ0n) is 16.4. The van der Waals surface area contributed by atoms with E-state index in [1.165, 1.54) is 0 Å². The summed E-state index contributed by atoms with van der Waals surface area (Å²) in [5.41, 5.74) is 0.454. The number of piperidine rings is 1. The highest BCUT2D eigenvalue weighted by Gasteiger charge is 2.57. The van der Waals surface area contributed by atoms with Crippen molar-refractivity contribution in [2.24, 2.45) is 11.8 Å². The van der Waals surface area contributed by atoms with Gasteiger partial charge < -0.3 is 20.4 Å². The number of hydrogen-bond acceptors (Lipinski definition) is 5. The van der Waals surface area contributed by atoms with Gasteiger partial charge in [-0.25, -0.2) is 14.8 Å². The van der Waals surface area contributed by atoms with E-state index in [9.17, 15) is 9.59 Å². The van der Waals surface area contributed by atoms with Gasteiger partial charge in [0.05, 0.1) is 5.92 Å². The molecule has 2 aromatic rings. The van der Waals surface area contributed by atoms with Crippen LogP contribution in [0.3, 0.4) is 0 Å². The van der Waals surface area contributed by atoms with Crippen LogP contribution in [0, 0.1) is 11.8 Å². The van der Waals surface area contributed by atoms with E-state index in [0.717, 1.165) is 19.4 Å². The number of amides is 3. The predicted octanol–water partition coefficient (Wildman–Crippen LogP) is 2.38. The number of fused-ring (bicyclic) bond motifs is 2. The third kappa shape index (κ3) is 3.35. The average molecular weight is 427 g/mol. The summed E-state index contributed by atoms with van der Waals surface area (Å²) in [5.74, 6) is 0.936. The Kier molecular flexibility index (Phi) is 4.73. The van der Waals surface area contributed by atoms with Gasteiger partial charge in [-0.05, 0) is 43.2 Å². The molecule has 0 aliphatic carbocycles. The van der Waals surface area contributed by atoms with E-state index in [1.807, 2.05) is 4.90 Å². The summed E-state index contributed by atoms with van der Waals surface area (Å²) >= 11 is 5.90. The van der Waals surface area contributed by atoms with Crippen LogP contribution in [0.5, 0.6) is 0 Å². The SMILES string of the molecule is O=C1NC2(CCN(C(=O)Nc3ccc(Cl)cc3)CC2)[C@H]2CN(c3ncccn3)C[C@@H]12. The molecule has 3 saturated heterocycles. The first-order chi connectivity index (χ1) is 14.5. The molecular formula is C21H23ClN6O2. The maximum Gasteiger partial charge on any atom is 0.321 e. The highest BCUT2D eigenvalue weighted by Crippen LogP contribution is 2.44. The van der Waals surface area contributed by atoms with Crippen LogP contribution < -0.4 is 15.5 Å². The van der Waals surface area contributed by atoms with Crippen LogP contribution in [0.4, 0.5) is 16.4 Å². The molecule has 2 N–H and O–H groups in total. The van der Waals surface area contributed by atoms with E-state index in [0.29, 0.717) is 36.3 Å². The summed E-state index contributed by atoms with van der Waals surface area (Å²) < 4.78 is 0. The van der Waals surface area contributed by atoms with Crippen LogP contribution in [0.1, 0.15) is 12.8 Å². The Morgan fingerprint density at radius 3 is 2.53 bits per heavy atom. The number of nitrogens with one attached hydrogen (secondary N) is 2. The second kappa shape index (κ2) is 7.43. The van der Waals surface area contributed by atoms with Gasteiger partial charge in [-0.15, -0.1) is 0 Å². The van der Waals surface area contributed by atoms with Crippen molar-refractivity contribution in [1.82, 2.24) is 20.2 Å². The fourth-order valence-corrected chi connectivity index (χ4v) is 5.14. The van der Waals surface area contributed by atoms with E-state index < -0.39 is 0 Å². The van der Waals surface area contributed by atoms with Crippen molar-refractivity contribution in [2.45, 2.75) is 18.4 Å². The summed E-state index contributed by atoms with van der Waals surface area (Å²) in [7, 11) is 0. The van der Waals surface area contributed by atoms with Crippen LogP contribution in [0.15, 0.2) is 42.7 Å². The van der Waals surface area contributed by atoms with Gasteiger partial charge in [-0.1, -0.05) is 11.6 Å². The molecule has 156 valence electrons. The van der Waals surface area contributed by atoms with Crippen molar-refractivity contribution in [3.8, 4) is 0 Å². The topological polar surface area (TPSA) is 90.5 Å². The summed E-state index contributed by atoms with van der Waals surface area (Å²) in [4.78, 5) is 38.0. The third-order valence-electron chi connectivity index (χ3n) is 6.61. The number of anilines is 2. The smallest absolute Gasteiger partial charge is 0.321 e. The average Bonchev–Trinajstić information content (AvgIpc) is 3.32. The van der Waals surface area contributed by atoms with Gasteiger partial charge in [-0.3, -0.25) is 4.79 Å². The molecule has 3 aliphatic rings. The maximum atomic E-state index is 12.7. The molecule has 9 heteroatoms. The van der Waals surface area contributed by atoms with Crippen molar-refractivity contribution in [2.75, 3.05) is 36.4 Å². The first-order valence-corrected chi connectivity index (χ1v) is 10.6. The Bertz CT molecular complexity index is 946.